The highest BCUT2D eigenvalue weighted by molar-refractivity contribution is 5.89. The maximum atomic E-state index is 11.2. The normalized spacial score (nSPS) is 13.3. The minimum absolute atomic E-state index is 0.117. The first-order valence-corrected chi connectivity index (χ1v) is 8.46. The van der Waals surface area contributed by atoms with Gasteiger partial charge < -0.3 is 16.0 Å². The number of hydrogen-bond acceptors (Lipinski definition) is 6. The monoisotopic (exact) mass is 349 g/mol. The van der Waals surface area contributed by atoms with Crippen LogP contribution >= 0.6 is 0 Å². The smallest absolute Gasteiger partial charge is 0.229 e. The van der Waals surface area contributed by atoms with Crippen LogP contribution in [0, 0.1) is 0 Å². The van der Waals surface area contributed by atoms with Gasteiger partial charge in [-0.1, -0.05) is 6.07 Å². The lowest BCUT2D eigenvalue weighted by molar-refractivity contribution is -0.114. The predicted octanol–water partition coefficient (Wildman–Crippen LogP) is 3.52. The Morgan fingerprint density at radius 1 is 1.12 bits per heavy atom. The zero-order valence-electron chi connectivity index (χ0n) is 14.3. The molecule has 0 bridgehead atoms. The number of anilines is 5. The first-order valence-electron chi connectivity index (χ1n) is 8.46. The van der Waals surface area contributed by atoms with E-state index in [1.165, 1.54) is 19.8 Å². The fourth-order valence-corrected chi connectivity index (χ4v) is 2.63. The minimum atomic E-state index is -0.117. The SMILES string of the molecule is CC(=O)Nc1cccc(Nc2nccc(Nc3cc(C4CC4)[nH]n3)n2)c1. The molecule has 0 aliphatic heterocycles. The average Bonchev–Trinajstić information content (AvgIpc) is 3.35. The van der Waals surface area contributed by atoms with Crippen molar-refractivity contribution < 1.29 is 4.79 Å². The molecule has 1 aliphatic carbocycles. The van der Waals surface area contributed by atoms with Gasteiger partial charge in [0.15, 0.2) is 5.82 Å². The van der Waals surface area contributed by atoms with E-state index in [0.717, 1.165) is 17.2 Å². The van der Waals surface area contributed by atoms with Gasteiger partial charge in [0.25, 0.3) is 0 Å². The third-order valence-electron chi connectivity index (χ3n) is 3.97. The molecule has 1 aliphatic rings. The van der Waals surface area contributed by atoms with Crippen LogP contribution in [0.5, 0.6) is 0 Å². The van der Waals surface area contributed by atoms with Crippen molar-refractivity contribution in [3.05, 3.63) is 48.3 Å². The van der Waals surface area contributed by atoms with Gasteiger partial charge >= 0.3 is 0 Å². The number of benzene rings is 1. The van der Waals surface area contributed by atoms with Crippen LogP contribution in [0.25, 0.3) is 0 Å². The Balaban J connectivity index is 1.45. The molecular weight excluding hydrogens is 330 g/mol. The fourth-order valence-electron chi connectivity index (χ4n) is 2.63. The van der Waals surface area contributed by atoms with Gasteiger partial charge in [-0.2, -0.15) is 10.1 Å². The van der Waals surface area contributed by atoms with Crippen molar-refractivity contribution in [1.29, 1.82) is 0 Å². The maximum absolute atomic E-state index is 11.2. The Morgan fingerprint density at radius 2 is 1.96 bits per heavy atom. The van der Waals surface area contributed by atoms with Crippen molar-refractivity contribution in [3.8, 4) is 0 Å². The summed E-state index contributed by atoms with van der Waals surface area (Å²) in [5, 5.41) is 16.4. The van der Waals surface area contributed by atoms with Crippen LogP contribution in [0.1, 0.15) is 31.4 Å². The topological polar surface area (TPSA) is 108 Å². The van der Waals surface area contributed by atoms with Gasteiger partial charge in [0.1, 0.15) is 5.82 Å². The van der Waals surface area contributed by atoms with E-state index >= 15 is 0 Å². The first kappa shape index (κ1) is 16.1. The molecule has 3 aromatic rings. The molecule has 1 amide bonds. The highest BCUT2D eigenvalue weighted by Gasteiger charge is 2.25. The Morgan fingerprint density at radius 3 is 2.77 bits per heavy atom. The molecule has 0 radical (unpaired) electrons. The van der Waals surface area contributed by atoms with Gasteiger partial charge in [0.05, 0.1) is 0 Å². The highest BCUT2D eigenvalue weighted by Crippen LogP contribution is 2.39. The van der Waals surface area contributed by atoms with E-state index in [1.807, 2.05) is 30.3 Å². The minimum Gasteiger partial charge on any atom is -0.326 e. The number of nitrogens with one attached hydrogen (secondary N) is 4. The van der Waals surface area contributed by atoms with Gasteiger partial charge in [0.2, 0.25) is 11.9 Å². The number of aromatic nitrogens is 4. The quantitative estimate of drug-likeness (QED) is 0.542. The average molecular weight is 349 g/mol. The molecular formula is C18H19N7O. The van der Waals surface area contributed by atoms with E-state index in [2.05, 4.69) is 36.1 Å². The number of rotatable bonds is 6. The standard InChI is InChI=1S/C18H19N7O/c1-11(26)20-13-3-2-4-14(9-13)21-18-19-8-7-16(23-18)22-17-10-15(24-25-17)12-5-6-12/h2-4,7-10,12H,5-6H2,1H3,(H,20,26)(H3,19,21,22,23,24,25). The van der Waals surface area contributed by atoms with E-state index < -0.39 is 0 Å². The Hall–Kier alpha value is -3.42. The molecule has 1 fully saturated rings. The predicted molar refractivity (Wildman–Crippen MR) is 99.9 cm³/mol. The summed E-state index contributed by atoms with van der Waals surface area (Å²) in [6, 6.07) is 11.2. The van der Waals surface area contributed by atoms with Crippen LogP contribution in [-0.4, -0.2) is 26.1 Å². The third kappa shape index (κ3) is 3.97. The van der Waals surface area contributed by atoms with Gasteiger partial charge in [0, 0.05) is 42.2 Å². The lowest BCUT2D eigenvalue weighted by atomic mass is 10.3. The summed E-state index contributed by atoms with van der Waals surface area (Å²) in [6.45, 7) is 1.47. The maximum Gasteiger partial charge on any atom is 0.229 e. The summed E-state index contributed by atoms with van der Waals surface area (Å²) in [5.74, 6) is 2.34. The van der Waals surface area contributed by atoms with Crippen LogP contribution in [0.15, 0.2) is 42.6 Å². The van der Waals surface area contributed by atoms with Crippen molar-refractivity contribution >= 4 is 34.9 Å². The van der Waals surface area contributed by atoms with E-state index in [1.54, 1.807) is 12.3 Å². The van der Waals surface area contributed by atoms with Crippen molar-refractivity contribution in [2.45, 2.75) is 25.7 Å². The number of amides is 1. The van der Waals surface area contributed by atoms with Crippen LogP contribution < -0.4 is 16.0 Å². The van der Waals surface area contributed by atoms with Crippen molar-refractivity contribution in [2.24, 2.45) is 0 Å². The van der Waals surface area contributed by atoms with Crippen LogP contribution in [0.4, 0.5) is 29.0 Å². The van der Waals surface area contributed by atoms with Crippen LogP contribution in [0.3, 0.4) is 0 Å². The van der Waals surface area contributed by atoms with Crippen molar-refractivity contribution in [3.63, 3.8) is 0 Å². The van der Waals surface area contributed by atoms with Crippen LogP contribution in [0.2, 0.25) is 0 Å². The zero-order valence-corrected chi connectivity index (χ0v) is 14.3. The van der Waals surface area contributed by atoms with Gasteiger partial charge in [-0.3, -0.25) is 9.89 Å². The van der Waals surface area contributed by atoms with Crippen molar-refractivity contribution in [1.82, 2.24) is 20.2 Å². The summed E-state index contributed by atoms with van der Waals surface area (Å²) in [5.41, 5.74) is 2.65. The summed E-state index contributed by atoms with van der Waals surface area (Å²) >= 11 is 0. The molecule has 0 saturated heterocycles. The summed E-state index contributed by atoms with van der Waals surface area (Å²) in [7, 11) is 0. The second kappa shape index (κ2) is 6.83. The van der Waals surface area contributed by atoms with Gasteiger partial charge in [-0.05, 0) is 37.1 Å². The molecule has 0 atom stereocenters. The largest absolute Gasteiger partial charge is 0.326 e. The summed E-state index contributed by atoms with van der Waals surface area (Å²) < 4.78 is 0. The van der Waals surface area contributed by atoms with E-state index in [9.17, 15) is 4.79 Å². The van der Waals surface area contributed by atoms with E-state index in [-0.39, 0.29) is 5.91 Å². The molecule has 26 heavy (non-hydrogen) atoms. The lowest BCUT2D eigenvalue weighted by Gasteiger charge is -2.08. The third-order valence-corrected chi connectivity index (χ3v) is 3.97. The zero-order chi connectivity index (χ0) is 17.9. The molecule has 2 aromatic heterocycles. The molecule has 4 rings (SSSR count). The molecule has 4 N–H and O–H groups in total. The Bertz CT molecular complexity index is 933. The number of carbonyl (C=O) groups is 1. The first-order chi connectivity index (χ1) is 12.7. The fraction of sp³-hybridized carbons (Fsp3) is 0.222. The molecule has 0 spiro atoms. The molecule has 1 saturated carbocycles. The van der Waals surface area contributed by atoms with Crippen molar-refractivity contribution in [2.75, 3.05) is 16.0 Å². The second-order valence-corrected chi connectivity index (χ2v) is 6.26. The summed E-state index contributed by atoms with van der Waals surface area (Å²) in [4.78, 5) is 19.9. The number of aromatic amines is 1. The number of carbonyl (C=O) groups excluding carboxylic acids is 1. The Kier molecular flexibility index (Phi) is 4.22. The molecule has 8 heteroatoms. The number of nitrogens with zero attached hydrogens (tertiary/aromatic N) is 3. The molecule has 2 heterocycles. The van der Waals surface area contributed by atoms with E-state index in [0.29, 0.717) is 23.4 Å². The van der Waals surface area contributed by atoms with Crippen LogP contribution in [-0.2, 0) is 4.79 Å². The molecule has 132 valence electrons. The lowest BCUT2D eigenvalue weighted by Crippen LogP contribution is -2.06. The number of hydrogen-bond donors (Lipinski definition) is 4. The van der Waals surface area contributed by atoms with Gasteiger partial charge in [-0.15, -0.1) is 0 Å². The summed E-state index contributed by atoms with van der Waals surface area (Å²) in [6.07, 6.45) is 4.12. The number of H-pyrrole nitrogens is 1. The second-order valence-electron chi connectivity index (χ2n) is 6.26. The van der Waals surface area contributed by atoms with Gasteiger partial charge in [-0.25, -0.2) is 4.98 Å². The molecule has 8 nitrogen and oxygen atoms in total. The molecule has 1 aromatic carbocycles. The Labute approximate surface area is 150 Å². The van der Waals surface area contributed by atoms with E-state index in [4.69, 9.17) is 0 Å². The highest BCUT2D eigenvalue weighted by atomic mass is 16.1. The molecule has 0 unspecified atom stereocenters.